The fraction of sp³-hybridized carbons (Fsp3) is 0.160. The molecule has 1 atom stereocenters. The van der Waals surface area contributed by atoms with Gasteiger partial charge < -0.3 is 15.0 Å². The molecule has 150 valence electrons. The van der Waals surface area contributed by atoms with Crippen LogP contribution in [0.4, 0.5) is 4.39 Å². The van der Waals surface area contributed by atoms with Crippen LogP contribution in [0.5, 0.6) is 5.75 Å². The monoisotopic (exact) mass is 400 g/mol. The number of ketones is 1. The second-order valence-electron chi connectivity index (χ2n) is 7.61. The Hall–Kier alpha value is -3.44. The average Bonchev–Trinajstić information content (AvgIpc) is 3.09. The van der Waals surface area contributed by atoms with Crippen molar-refractivity contribution in [3.05, 3.63) is 101 Å². The first-order chi connectivity index (χ1) is 14.6. The number of phenols is 1. The van der Waals surface area contributed by atoms with Crippen LogP contribution in [0, 0.1) is 5.82 Å². The first-order valence-electron chi connectivity index (χ1n) is 10.0. The predicted octanol–water partition coefficient (Wildman–Crippen LogP) is 4.60. The van der Waals surface area contributed by atoms with Gasteiger partial charge in [0.2, 0.25) is 0 Å². The summed E-state index contributed by atoms with van der Waals surface area (Å²) < 4.78 is 15.5. The van der Waals surface area contributed by atoms with E-state index in [1.54, 1.807) is 30.3 Å². The van der Waals surface area contributed by atoms with Gasteiger partial charge in [-0.3, -0.25) is 4.79 Å². The molecule has 2 N–H and O–H groups in total. The molecular formula is C25H21FN2O2. The lowest BCUT2D eigenvalue weighted by Gasteiger charge is -2.26. The second-order valence-corrected chi connectivity index (χ2v) is 7.61. The molecule has 5 rings (SSSR count). The molecule has 4 nitrogen and oxygen atoms in total. The highest BCUT2D eigenvalue weighted by Crippen LogP contribution is 2.36. The largest absolute Gasteiger partial charge is 0.507 e. The Bertz CT molecular complexity index is 1240. The topological polar surface area (TPSA) is 54.3 Å². The molecule has 0 radical (unpaired) electrons. The van der Waals surface area contributed by atoms with Crippen molar-refractivity contribution in [3.8, 4) is 5.75 Å². The smallest absolute Gasteiger partial charge is 0.189 e. The zero-order valence-corrected chi connectivity index (χ0v) is 16.3. The molecule has 4 aromatic rings. The quantitative estimate of drug-likeness (QED) is 0.492. The van der Waals surface area contributed by atoms with Crippen LogP contribution in [0.3, 0.4) is 0 Å². The maximum atomic E-state index is 13.4. The molecule has 1 aliphatic rings. The van der Waals surface area contributed by atoms with E-state index < -0.39 is 6.04 Å². The van der Waals surface area contributed by atoms with Gasteiger partial charge in [-0.15, -0.1) is 0 Å². The third-order valence-corrected chi connectivity index (χ3v) is 5.80. The molecule has 1 aliphatic heterocycles. The number of phenolic OH excluding ortho intramolecular Hbond substituents is 1. The van der Waals surface area contributed by atoms with E-state index in [-0.39, 0.29) is 17.3 Å². The number of hydrogen-bond donors (Lipinski definition) is 2. The van der Waals surface area contributed by atoms with Gasteiger partial charge >= 0.3 is 0 Å². The van der Waals surface area contributed by atoms with Crippen molar-refractivity contribution in [2.75, 3.05) is 6.54 Å². The number of carbonyl (C=O) groups is 1. The third-order valence-electron chi connectivity index (χ3n) is 5.80. The maximum absolute atomic E-state index is 13.4. The molecule has 1 unspecified atom stereocenters. The van der Waals surface area contributed by atoms with Crippen molar-refractivity contribution >= 4 is 16.7 Å². The maximum Gasteiger partial charge on any atom is 0.189 e. The summed E-state index contributed by atoms with van der Waals surface area (Å²) in [6.07, 6.45) is 0.816. The van der Waals surface area contributed by atoms with E-state index in [0.717, 1.165) is 34.1 Å². The lowest BCUT2D eigenvalue weighted by atomic mass is 9.93. The molecule has 2 heterocycles. The molecule has 0 amide bonds. The van der Waals surface area contributed by atoms with Gasteiger partial charge in [-0.2, -0.15) is 0 Å². The number of carbonyl (C=O) groups excluding carboxylic acids is 1. The van der Waals surface area contributed by atoms with E-state index in [2.05, 4.69) is 22.0 Å². The molecule has 0 spiro atoms. The standard InChI is InChI=1S/C25H21FN2O2/c26-17-11-9-16(10-12-17)15-28-21-7-3-1-5-18(21)19-13-14-27-23(24(19)28)25(30)20-6-2-4-8-22(20)29/h1-12,23,27,29H,13-15H2. The molecule has 30 heavy (non-hydrogen) atoms. The van der Waals surface area contributed by atoms with Crippen LogP contribution in [0.2, 0.25) is 0 Å². The van der Waals surface area contributed by atoms with Gasteiger partial charge in [0.1, 0.15) is 17.6 Å². The van der Waals surface area contributed by atoms with Gasteiger partial charge in [0.15, 0.2) is 5.78 Å². The number of nitrogens with one attached hydrogen (secondary N) is 1. The first kappa shape index (κ1) is 18.6. The van der Waals surface area contributed by atoms with Crippen molar-refractivity contribution in [3.63, 3.8) is 0 Å². The van der Waals surface area contributed by atoms with Crippen molar-refractivity contribution < 1.29 is 14.3 Å². The summed E-state index contributed by atoms with van der Waals surface area (Å²) in [6, 6.07) is 20.7. The van der Waals surface area contributed by atoms with Crippen LogP contribution in [0.1, 0.15) is 33.2 Å². The Labute approximate surface area is 173 Å². The summed E-state index contributed by atoms with van der Waals surface area (Å²) in [7, 11) is 0. The minimum Gasteiger partial charge on any atom is -0.507 e. The summed E-state index contributed by atoms with van der Waals surface area (Å²) in [5.74, 6) is -0.442. The van der Waals surface area contributed by atoms with E-state index >= 15 is 0 Å². The number of benzene rings is 3. The lowest BCUT2D eigenvalue weighted by Crippen LogP contribution is -2.36. The molecule has 0 saturated heterocycles. The van der Waals surface area contributed by atoms with E-state index in [1.807, 2.05) is 12.1 Å². The van der Waals surface area contributed by atoms with Crippen molar-refractivity contribution in [1.82, 2.24) is 9.88 Å². The average molecular weight is 400 g/mol. The van der Waals surface area contributed by atoms with E-state index in [9.17, 15) is 14.3 Å². The highest BCUT2D eigenvalue weighted by atomic mass is 19.1. The van der Waals surface area contributed by atoms with Crippen molar-refractivity contribution in [1.29, 1.82) is 0 Å². The number of aromatic nitrogens is 1. The number of fused-ring (bicyclic) bond motifs is 3. The molecule has 1 aromatic heterocycles. The number of Topliss-reactive ketones (excluding diaryl/α,β-unsaturated/α-hetero) is 1. The number of aromatic hydroxyl groups is 1. The summed E-state index contributed by atoms with van der Waals surface area (Å²) in [5, 5.41) is 14.7. The Morgan fingerprint density at radius 1 is 1.03 bits per heavy atom. The van der Waals surface area contributed by atoms with Gasteiger partial charge in [-0.05, 0) is 47.9 Å². The molecule has 0 bridgehead atoms. The number of halogens is 1. The van der Waals surface area contributed by atoms with Crippen LogP contribution in [0.25, 0.3) is 10.9 Å². The van der Waals surface area contributed by atoms with Gasteiger partial charge in [0, 0.05) is 29.7 Å². The number of para-hydroxylation sites is 2. The summed E-state index contributed by atoms with van der Waals surface area (Å²) in [5.41, 5.74) is 4.38. The highest BCUT2D eigenvalue weighted by Gasteiger charge is 2.33. The Morgan fingerprint density at radius 3 is 2.57 bits per heavy atom. The third kappa shape index (κ3) is 3.08. The van der Waals surface area contributed by atoms with Gasteiger partial charge in [0.05, 0.1) is 5.56 Å². The first-order valence-corrected chi connectivity index (χ1v) is 10.0. The Morgan fingerprint density at radius 2 is 1.77 bits per heavy atom. The Balaban J connectivity index is 1.67. The zero-order chi connectivity index (χ0) is 20.7. The van der Waals surface area contributed by atoms with Crippen LogP contribution >= 0.6 is 0 Å². The molecule has 0 fully saturated rings. The number of nitrogens with zero attached hydrogens (tertiary/aromatic N) is 1. The lowest BCUT2D eigenvalue weighted by molar-refractivity contribution is 0.0933. The fourth-order valence-electron chi connectivity index (χ4n) is 4.42. The summed E-state index contributed by atoms with van der Waals surface area (Å²) in [4.78, 5) is 13.4. The fourth-order valence-corrected chi connectivity index (χ4v) is 4.42. The van der Waals surface area contributed by atoms with Crippen LogP contribution in [-0.4, -0.2) is 22.0 Å². The molecule has 3 aromatic carbocycles. The van der Waals surface area contributed by atoms with Gasteiger partial charge in [-0.1, -0.05) is 42.5 Å². The molecule has 0 aliphatic carbocycles. The van der Waals surface area contributed by atoms with Gasteiger partial charge in [-0.25, -0.2) is 4.39 Å². The summed E-state index contributed by atoms with van der Waals surface area (Å²) in [6.45, 7) is 1.21. The normalized spacial score (nSPS) is 15.8. The molecule has 5 heteroatoms. The molecular weight excluding hydrogens is 379 g/mol. The minimum atomic E-state index is -0.560. The van der Waals surface area contributed by atoms with Crippen molar-refractivity contribution in [2.45, 2.75) is 19.0 Å². The minimum absolute atomic E-state index is 0.0161. The Kier molecular flexibility index (Phi) is 4.60. The second kappa shape index (κ2) is 7.43. The molecule has 0 saturated carbocycles. The van der Waals surface area contributed by atoms with E-state index in [0.29, 0.717) is 18.7 Å². The van der Waals surface area contributed by atoms with Crippen molar-refractivity contribution in [2.24, 2.45) is 0 Å². The van der Waals surface area contributed by atoms with Crippen LogP contribution in [-0.2, 0) is 13.0 Å². The number of rotatable bonds is 4. The predicted molar refractivity (Wildman–Crippen MR) is 114 cm³/mol. The SMILES string of the molecule is O=C(c1ccccc1O)C1NCCc2c1n(Cc1ccc(F)cc1)c1ccccc21. The van der Waals surface area contributed by atoms with Crippen LogP contribution in [0.15, 0.2) is 72.8 Å². The zero-order valence-electron chi connectivity index (χ0n) is 16.3. The van der Waals surface area contributed by atoms with E-state index in [4.69, 9.17) is 0 Å². The number of hydrogen-bond acceptors (Lipinski definition) is 3. The van der Waals surface area contributed by atoms with E-state index in [1.165, 1.54) is 18.2 Å². The van der Waals surface area contributed by atoms with Gasteiger partial charge in [0.25, 0.3) is 0 Å². The summed E-state index contributed by atoms with van der Waals surface area (Å²) >= 11 is 0. The van der Waals surface area contributed by atoms with Crippen LogP contribution < -0.4 is 5.32 Å². The highest BCUT2D eigenvalue weighted by molar-refractivity contribution is 6.04.